The summed E-state index contributed by atoms with van der Waals surface area (Å²) in [4.78, 5) is 26.4. The molecule has 0 spiro atoms. The molecule has 0 unspecified atom stereocenters. The Morgan fingerprint density at radius 2 is 1.78 bits per heavy atom. The number of hydrogen-bond acceptors (Lipinski definition) is 3. The molecule has 1 aliphatic rings. The Hall–Kier alpha value is -3.32. The molecule has 134 valence electrons. The highest BCUT2D eigenvalue weighted by atomic mass is 32.1. The predicted molar refractivity (Wildman–Crippen MR) is 106 cm³/mol. The second-order valence-electron chi connectivity index (χ2n) is 6.12. The molecule has 0 radical (unpaired) electrons. The highest BCUT2D eigenvalue weighted by molar-refractivity contribution is 7.80. The fraction of sp³-hybridized carbons (Fsp3) is 0.0500. The maximum atomic E-state index is 14.2. The number of fused-ring (bicyclic) bond motifs is 1. The van der Waals surface area contributed by atoms with Crippen LogP contribution in [0.4, 0.5) is 10.1 Å². The molecule has 1 aromatic heterocycles. The summed E-state index contributed by atoms with van der Waals surface area (Å²) in [7, 11) is 1.88. The van der Waals surface area contributed by atoms with E-state index in [0.29, 0.717) is 5.56 Å². The standard InChI is InChI=1S/C20H14FN3O2S/c1-23-11-12(13-6-2-4-8-16(13)23)10-14-18(25)22-20(27)24(19(14)26)17-9-5-3-7-15(17)21/h2-11H,1H3,(H,22,25,27). The molecule has 0 atom stereocenters. The molecular weight excluding hydrogens is 365 g/mol. The Morgan fingerprint density at radius 1 is 1.07 bits per heavy atom. The second kappa shape index (κ2) is 6.44. The normalized spacial score (nSPS) is 16.3. The van der Waals surface area contributed by atoms with Crippen LogP contribution in [-0.2, 0) is 16.6 Å². The summed E-state index contributed by atoms with van der Waals surface area (Å²) < 4.78 is 16.1. The van der Waals surface area contributed by atoms with E-state index in [0.717, 1.165) is 15.8 Å². The zero-order valence-corrected chi connectivity index (χ0v) is 15.1. The van der Waals surface area contributed by atoms with Gasteiger partial charge in [-0.25, -0.2) is 9.29 Å². The van der Waals surface area contributed by atoms with Gasteiger partial charge >= 0.3 is 0 Å². The highest BCUT2D eigenvalue weighted by Gasteiger charge is 2.35. The molecule has 2 amide bonds. The van der Waals surface area contributed by atoms with Gasteiger partial charge in [-0.2, -0.15) is 0 Å². The zero-order chi connectivity index (χ0) is 19.1. The van der Waals surface area contributed by atoms with Gasteiger partial charge in [0.1, 0.15) is 11.4 Å². The van der Waals surface area contributed by atoms with Crippen molar-refractivity contribution in [2.75, 3.05) is 4.90 Å². The summed E-state index contributed by atoms with van der Waals surface area (Å²) in [6.07, 6.45) is 3.34. The molecule has 2 heterocycles. The number of hydrogen-bond donors (Lipinski definition) is 1. The topological polar surface area (TPSA) is 54.3 Å². The van der Waals surface area contributed by atoms with Crippen molar-refractivity contribution in [3.8, 4) is 0 Å². The average Bonchev–Trinajstić information content (AvgIpc) is 2.96. The van der Waals surface area contributed by atoms with Gasteiger partial charge in [0, 0.05) is 29.7 Å². The van der Waals surface area contributed by atoms with E-state index in [2.05, 4.69) is 5.32 Å². The van der Waals surface area contributed by atoms with Crippen LogP contribution in [0.2, 0.25) is 0 Å². The van der Waals surface area contributed by atoms with Crippen molar-refractivity contribution in [3.63, 3.8) is 0 Å². The fourth-order valence-corrected chi connectivity index (χ4v) is 3.43. The summed E-state index contributed by atoms with van der Waals surface area (Å²) in [5, 5.41) is 3.22. The van der Waals surface area contributed by atoms with Gasteiger partial charge in [0.05, 0.1) is 5.69 Å². The quantitative estimate of drug-likeness (QED) is 0.423. The third-order valence-electron chi connectivity index (χ3n) is 4.42. The van der Waals surface area contributed by atoms with E-state index in [9.17, 15) is 14.0 Å². The minimum atomic E-state index is -0.665. The molecular formula is C20H14FN3O2S. The van der Waals surface area contributed by atoms with Crippen LogP contribution >= 0.6 is 12.2 Å². The number of benzene rings is 2. The maximum absolute atomic E-state index is 14.2. The summed E-state index contributed by atoms with van der Waals surface area (Å²) in [5.74, 6) is -1.87. The lowest BCUT2D eigenvalue weighted by Crippen LogP contribution is -2.54. The maximum Gasteiger partial charge on any atom is 0.270 e. The Balaban J connectivity index is 1.83. The van der Waals surface area contributed by atoms with Gasteiger partial charge in [-0.05, 0) is 36.5 Å². The molecule has 1 aliphatic heterocycles. The number of amides is 2. The lowest BCUT2D eigenvalue weighted by Gasteiger charge is -2.29. The number of nitrogens with one attached hydrogen (secondary N) is 1. The smallest absolute Gasteiger partial charge is 0.270 e. The molecule has 1 fully saturated rings. The molecule has 0 bridgehead atoms. The van der Waals surface area contributed by atoms with Crippen LogP contribution in [0.15, 0.2) is 60.3 Å². The summed E-state index contributed by atoms with van der Waals surface area (Å²) >= 11 is 5.10. The lowest BCUT2D eigenvalue weighted by atomic mass is 10.1. The lowest BCUT2D eigenvalue weighted by molar-refractivity contribution is -0.122. The fourth-order valence-electron chi connectivity index (χ4n) is 3.15. The largest absolute Gasteiger partial charge is 0.350 e. The number of para-hydroxylation sites is 2. The number of thiocarbonyl (C=S) groups is 1. The molecule has 3 aromatic rings. The molecule has 27 heavy (non-hydrogen) atoms. The number of aromatic nitrogens is 1. The van der Waals surface area contributed by atoms with Crippen LogP contribution in [0, 0.1) is 5.82 Å². The predicted octanol–water partition coefficient (Wildman–Crippen LogP) is 3.15. The van der Waals surface area contributed by atoms with Gasteiger partial charge < -0.3 is 4.57 Å². The summed E-state index contributed by atoms with van der Waals surface area (Å²) in [6.45, 7) is 0. The number of nitrogens with zero attached hydrogens (tertiary/aromatic N) is 2. The molecule has 7 heteroatoms. The van der Waals surface area contributed by atoms with Crippen LogP contribution in [0.25, 0.3) is 17.0 Å². The van der Waals surface area contributed by atoms with Gasteiger partial charge in [-0.1, -0.05) is 30.3 Å². The number of carbonyl (C=O) groups is 2. The first-order valence-electron chi connectivity index (χ1n) is 8.17. The third kappa shape index (κ3) is 2.82. The molecule has 0 saturated carbocycles. The van der Waals surface area contributed by atoms with Crippen molar-refractivity contribution >= 4 is 51.8 Å². The zero-order valence-electron chi connectivity index (χ0n) is 14.3. The molecule has 4 rings (SSSR count). The average molecular weight is 379 g/mol. The van der Waals surface area contributed by atoms with E-state index in [1.54, 1.807) is 6.07 Å². The Bertz CT molecular complexity index is 1150. The number of carbonyl (C=O) groups excluding carboxylic acids is 2. The van der Waals surface area contributed by atoms with Crippen LogP contribution in [0.5, 0.6) is 0 Å². The first-order chi connectivity index (χ1) is 13.0. The first-order valence-corrected chi connectivity index (χ1v) is 8.58. The van der Waals surface area contributed by atoms with Crippen LogP contribution < -0.4 is 10.2 Å². The van der Waals surface area contributed by atoms with Crippen molar-refractivity contribution in [2.24, 2.45) is 7.05 Å². The van der Waals surface area contributed by atoms with Crippen LogP contribution in [-0.4, -0.2) is 21.5 Å². The Labute approximate surface area is 159 Å². The van der Waals surface area contributed by atoms with E-state index >= 15 is 0 Å². The van der Waals surface area contributed by atoms with Gasteiger partial charge in [0.2, 0.25) is 0 Å². The van der Waals surface area contributed by atoms with Gasteiger partial charge in [-0.3, -0.25) is 14.9 Å². The Morgan fingerprint density at radius 3 is 2.56 bits per heavy atom. The van der Waals surface area contributed by atoms with Crippen molar-refractivity contribution in [3.05, 3.63) is 71.7 Å². The SMILES string of the molecule is Cn1cc(C=C2C(=O)NC(=S)N(c3ccccc3F)C2=O)c2ccccc21. The van der Waals surface area contributed by atoms with Crippen molar-refractivity contribution in [2.45, 2.75) is 0 Å². The minimum absolute atomic E-state index is 0.00341. The highest BCUT2D eigenvalue weighted by Crippen LogP contribution is 2.27. The number of aryl methyl sites for hydroxylation is 1. The molecule has 5 nitrogen and oxygen atoms in total. The van der Waals surface area contributed by atoms with Crippen molar-refractivity contribution < 1.29 is 14.0 Å². The number of anilines is 1. The third-order valence-corrected chi connectivity index (χ3v) is 4.71. The van der Waals surface area contributed by atoms with E-state index < -0.39 is 17.6 Å². The second-order valence-corrected chi connectivity index (χ2v) is 6.51. The van der Waals surface area contributed by atoms with E-state index in [4.69, 9.17) is 12.2 Å². The van der Waals surface area contributed by atoms with Gasteiger partial charge in [0.15, 0.2) is 5.11 Å². The minimum Gasteiger partial charge on any atom is -0.350 e. The van der Waals surface area contributed by atoms with Gasteiger partial charge in [-0.15, -0.1) is 0 Å². The summed E-state index contributed by atoms with van der Waals surface area (Å²) in [6, 6.07) is 13.4. The van der Waals surface area contributed by atoms with Gasteiger partial charge in [0.25, 0.3) is 11.8 Å². The molecule has 1 N–H and O–H groups in total. The Kier molecular flexibility index (Phi) is 4.08. The monoisotopic (exact) mass is 379 g/mol. The van der Waals surface area contributed by atoms with Crippen molar-refractivity contribution in [1.29, 1.82) is 0 Å². The molecule has 2 aromatic carbocycles. The first kappa shape index (κ1) is 17.1. The van der Waals surface area contributed by atoms with E-state index in [1.165, 1.54) is 24.3 Å². The summed E-state index contributed by atoms with van der Waals surface area (Å²) in [5.41, 5.74) is 1.57. The molecule has 0 aliphatic carbocycles. The van der Waals surface area contributed by atoms with Crippen LogP contribution in [0.1, 0.15) is 5.56 Å². The molecule has 1 saturated heterocycles. The number of halogens is 1. The van der Waals surface area contributed by atoms with Crippen molar-refractivity contribution in [1.82, 2.24) is 9.88 Å². The van der Waals surface area contributed by atoms with E-state index in [1.807, 2.05) is 42.1 Å². The van der Waals surface area contributed by atoms with Crippen LogP contribution in [0.3, 0.4) is 0 Å². The number of rotatable bonds is 2. The van der Waals surface area contributed by atoms with E-state index in [-0.39, 0.29) is 16.4 Å².